The van der Waals surface area contributed by atoms with E-state index in [4.69, 9.17) is 9.47 Å². The second-order valence-corrected chi connectivity index (χ2v) is 9.33. The molecule has 0 saturated carbocycles. The monoisotopic (exact) mass is 426 g/mol. The summed E-state index contributed by atoms with van der Waals surface area (Å²) in [5, 5.41) is 0. The SMILES string of the molecule is CCOC(=O)C(CCC(C)C)(Sc1ccc2c(c1)Cc1ccccc1-2)C(=O)OCC. The number of ether oxygens (including phenoxy) is 2. The number of hydrogen-bond donors (Lipinski definition) is 0. The minimum Gasteiger partial charge on any atom is -0.465 e. The molecule has 2 aromatic carbocycles. The predicted molar refractivity (Wildman–Crippen MR) is 121 cm³/mol. The van der Waals surface area contributed by atoms with Crippen molar-refractivity contribution >= 4 is 23.7 Å². The van der Waals surface area contributed by atoms with Gasteiger partial charge in [-0.3, -0.25) is 0 Å². The lowest BCUT2D eigenvalue weighted by molar-refractivity contribution is -0.159. The van der Waals surface area contributed by atoms with Gasteiger partial charge < -0.3 is 9.47 Å². The van der Waals surface area contributed by atoms with Gasteiger partial charge in [0.05, 0.1) is 13.2 Å². The minimum absolute atomic E-state index is 0.224. The van der Waals surface area contributed by atoms with Gasteiger partial charge >= 0.3 is 11.9 Å². The molecule has 0 unspecified atom stereocenters. The molecule has 0 N–H and O–H groups in total. The summed E-state index contributed by atoms with van der Waals surface area (Å²) in [6.07, 6.45) is 1.96. The van der Waals surface area contributed by atoms with Crippen LogP contribution in [0.1, 0.15) is 51.7 Å². The van der Waals surface area contributed by atoms with Crippen molar-refractivity contribution in [3.63, 3.8) is 0 Å². The maximum absolute atomic E-state index is 13.1. The van der Waals surface area contributed by atoms with Crippen molar-refractivity contribution in [3.8, 4) is 11.1 Å². The number of carbonyl (C=O) groups excluding carboxylic acids is 2. The van der Waals surface area contributed by atoms with Gasteiger partial charge in [0, 0.05) is 4.90 Å². The Kier molecular flexibility index (Phi) is 7.24. The zero-order valence-corrected chi connectivity index (χ0v) is 19.0. The van der Waals surface area contributed by atoms with E-state index in [1.54, 1.807) is 13.8 Å². The first-order valence-corrected chi connectivity index (χ1v) is 11.5. The standard InChI is InChI=1S/C25H30O4S/c1-5-28-23(26)25(14-13-17(3)4,24(27)29-6-2)30-20-11-12-22-19(16-20)15-18-9-7-8-10-21(18)22/h7-12,16-17H,5-6,13-15H2,1-4H3. The molecule has 0 spiro atoms. The van der Waals surface area contributed by atoms with Crippen LogP contribution in [0, 0.1) is 5.92 Å². The number of carbonyl (C=O) groups is 2. The molecule has 160 valence electrons. The molecule has 0 saturated heterocycles. The number of thioether (sulfide) groups is 1. The Hall–Kier alpha value is -2.27. The van der Waals surface area contributed by atoms with Crippen LogP contribution in [0.15, 0.2) is 47.4 Å². The molecule has 30 heavy (non-hydrogen) atoms. The van der Waals surface area contributed by atoms with Crippen molar-refractivity contribution in [1.82, 2.24) is 0 Å². The molecule has 0 heterocycles. The summed E-state index contributed by atoms with van der Waals surface area (Å²) in [4.78, 5) is 27.0. The smallest absolute Gasteiger partial charge is 0.334 e. The van der Waals surface area contributed by atoms with Gasteiger partial charge in [0.15, 0.2) is 0 Å². The fourth-order valence-corrected chi connectivity index (χ4v) is 5.04. The van der Waals surface area contributed by atoms with Crippen LogP contribution >= 0.6 is 11.8 Å². The Morgan fingerprint density at radius 2 is 1.60 bits per heavy atom. The van der Waals surface area contributed by atoms with Gasteiger partial charge in [-0.25, -0.2) is 9.59 Å². The Morgan fingerprint density at radius 3 is 2.23 bits per heavy atom. The van der Waals surface area contributed by atoms with Crippen molar-refractivity contribution in [1.29, 1.82) is 0 Å². The summed E-state index contributed by atoms with van der Waals surface area (Å²) in [5.74, 6) is -0.681. The second kappa shape index (κ2) is 9.69. The number of fused-ring (bicyclic) bond motifs is 3. The average molecular weight is 427 g/mol. The molecule has 0 bridgehead atoms. The van der Waals surface area contributed by atoms with Crippen molar-refractivity contribution in [2.24, 2.45) is 5.92 Å². The molecule has 0 fully saturated rings. The van der Waals surface area contributed by atoms with Crippen LogP contribution < -0.4 is 0 Å². The largest absolute Gasteiger partial charge is 0.465 e. The quantitative estimate of drug-likeness (QED) is 0.251. The van der Waals surface area contributed by atoms with E-state index in [0.29, 0.717) is 12.3 Å². The molecule has 0 radical (unpaired) electrons. The van der Waals surface area contributed by atoms with Gasteiger partial charge in [-0.2, -0.15) is 0 Å². The van der Waals surface area contributed by atoms with Gasteiger partial charge in [0.2, 0.25) is 4.75 Å². The third kappa shape index (κ3) is 4.56. The molecule has 2 aromatic rings. The Balaban J connectivity index is 1.96. The number of benzene rings is 2. The normalized spacial score (nSPS) is 12.4. The third-order valence-corrected chi connectivity index (χ3v) is 6.72. The molecule has 0 amide bonds. The van der Waals surface area contributed by atoms with Crippen LogP contribution in [-0.2, 0) is 25.5 Å². The number of hydrogen-bond acceptors (Lipinski definition) is 5. The lowest BCUT2D eigenvalue weighted by atomic mass is 9.97. The first kappa shape index (κ1) is 22.4. The summed E-state index contributed by atoms with van der Waals surface area (Å²) in [6.45, 7) is 8.13. The summed E-state index contributed by atoms with van der Waals surface area (Å²) in [6, 6.07) is 14.6. The Labute approximate surface area is 183 Å². The van der Waals surface area contributed by atoms with E-state index in [0.717, 1.165) is 17.7 Å². The fourth-order valence-electron chi connectivity index (χ4n) is 3.80. The third-order valence-electron chi connectivity index (χ3n) is 5.34. The molecule has 1 aliphatic carbocycles. The van der Waals surface area contributed by atoms with Crippen LogP contribution in [0.5, 0.6) is 0 Å². The summed E-state index contributed by atoms with van der Waals surface area (Å²) < 4.78 is 9.33. The molecular weight excluding hydrogens is 396 g/mol. The fraction of sp³-hybridized carbons (Fsp3) is 0.440. The molecular formula is C25H30O4S. The van der Waals surface area contributed by atoms with E-state index in [1.807, 2.05) is 6.07 Å². The van der Waals surface area contributed by atoms with Crippen LogP contribution in [-0.4, -0.2) is 29.9 Å². The average Bonchev–Trinajstić information content (AvgIpc) is 3.09. The van der Waals surface area contributed by atoms with Gasteiger partial charge in [0.25, 0.3) is 0 Å². The summed E-state index contributed by atoms with van der Waals surface area (Å²) in [7, 11) is 0. The van der Waals surface area contributed by atoms with E-state index in [9.17, 15) is 9.59 Å². The number of esters is 2. The lowest BCUT2D eigenvalue weighted by Gasteiger charge is -2.29. The highest BCUT2D eigenvalue weighted by molar-refractivity contribution is 8.02. The maximum atomic E-state index is 13.1. The molecule has 4 nitrogen and oxygen atoms in total. The summed E-state index contributed by atoms with van der Waals surface area (Å²) in [5.41, 5.74) is 4.99. The zero-order valence-electron chi connectivity index (χ0n) is 18.2. The maximum Gasteiger partial charge on any atom is 0.334 e. The lowest BCUT2D eigenvalue weighted by Crippen LogP contribution is -2.46. The van der Waals surface area contributed by atoms with E-state index >= 15 is 0 Å². The van der Waals surface area contributed by atoms with Crippen LogP contribution in [0.2, 0.25) is 0 Å². The molecule has 0 aromatic heterocycles. The van der Waals surface area contributed by atoms with Crippen LogP contribution in [0.25, 0.3) is 11.1 Å². The zero-order chi connectivity index (χ0) is 21.7. The number of rotatable bonds is 9. The van der Waals surface area contributed by atoms with E-state index in [1.165, 1.54) is 34.0 Å². The topological polar surface area (TPSA) is 52.6 Å². The van der Waals surface area contributed by atoms with Gasteiger partial charge in [-0.15, -0.1) is 0 Å². The minimum atomic E-state index is -1.39. The molecule has 0 aliphatic heterocycles. The van der Waals surface area contributed by atoms with Gasteiger partial charge in [-0.1, -0.05) is 55.9 Å². The van der Waals surface area contributed by atoms with Crippen molar-refractivity contribution in [2.45, 2.75) is 56.6 Å². The molecule has 3 rings (SSSR count). The molecule has 5 heteroatoms. The van der Waals surface area contributed by atoms with Gasteiger partial charge in [-0.05, 0) is 73.4 Å². The predicted octanol–water partition coefficient (Wildman–Crippen LogP) is 5.65. The highest BCUT2D eigenvalue weighted by Gasteiger charge is 2.50. The molecule has 1 aliphatic rings. The molecule has 0 atom stereocenters. The van der Waals surface area contributed by atoms with Crippen molar-refractivity contribution in [3.05, 3.63) is 53.6 Å². The highest BCUT2D eigenvalue weighted by Crippen LogP contribution is 2.43. The van der Waals surface area contributed by atoms with Crippen molar-refractivity contribution < 1.29 is 19.1 Å². The summed E-state index contributed by atoms with van der Waals surface area (Å²) >= 11 is 1.27. The first-order chi connectivity index (χ1) is 14.4. The Bertz CT molecular complexity index is 901. The first-order valence-electron chi connectivity index (χ1n) is 10.7. The van der Waals surface area contributed by atoms with Crippen LogP contribution in [0.3, 0.4) is 0 Å². The van der Waals surface area contributed by atoms with E-state index < -0.39 is 16.7 Å². The Morgan fingerprint density at radius 1 is 0.967 bits per heavy atom. The van der Waals surface area contributed by atoms with Crippen LogP contribution in [0.4, 0.5) is 0 Å². The van der Waals surface area contributed by atoms with E-state index in [2.05, 4.69) is 50.2 Å². The van der Waals surface area contributed by atoms with E-state index in [-0.39, 0.29) is 13.2 Å². The van der Waals surface area contributed by atoms with Gasteiger partial charge in [0.1, 0.15) is 0 Å². The highest BCUT2D eigenvalue weighted by atomic mass is 32.2. The second-order valence-electron chi connectivity index (χ2n) is 7.96. The van der Waals surface area contributed by atoms with Crippen molar-refractivity contribution in [2.75, 3.05) is 13.2 Å².